The van der Waals surface area contributed by atoms with Gasteiger partial charge in [-0.05, 0) is 95.4 Å². The number of alkyl carbamates (subject to hydrolysis) is 1. The number of hydrogen-bond donors (Lipinski definition) is 5. The molecular weight excluding hydrogens is 816 g/mol. The van der Waals surface area contributed by atoms with Gasteiger partial charge in [0.2, 0.25) is 23.6 Å². The lowest BCUT2D eigenvalue weighted by Gasteiger charge is -2.35. The summed E-state index contributed by atoms with van der Waals surface area (Å²) in [5.41, 5.74) is 9.64. The third-order valence-electron chi connectivity index (χ3n) is 10.8. The minimum absolute atomic E-state index is 0.0183. The number of amides is 5. The van der Waals surface area contributed by atoms with E-state index in [1.165, 1.54) is 11.0 Å². The number of aliphatic hydroxyl groups excluding tert-OH is 1. The molecule has 3 aromatic rings. The fourth-order valence-corrected chi connectivity index (χ4v) is 8.06. The molecule has 14 nitrogen and oxygen atoms in total. The number of aliphatic hydroxyl groups is 1. The summed E-state index contributed by atoms with van der Waals surface area (Å²) in [6.07, 6.45) is -0.126. The molecule has 6 N–H and O–H groups in total. The van der Waals surface area contributed by atoms with Gasteiger partial charge in [0, 0.05) is 31.4 Å². The maximum Gasteiger partial charge on any atom is 0.407 e. The Bertz CT molecular complexity index is 2010. The number of primary amides is 1. The van der Waals surface area contributed by atoms with Gasteiger partial charge in [-0.2, -0.15) is 0 Å². The van der Waals surface area contributed by atoms with E-state index in [0.29, 0.717) is 24.8 Å². The number of β-amino-alcohol motifs (C(OH)–C–C–N with tert-alkyl or cyclic N) is 1. The van der Waals surface area contributed by atoms with Crippen LogP contribution >= 0.6 is 11.3 Å². The Hall–Kier alpha value is -4.93. The van der Waals surface area contributed by atoms with E-state index in [2.05, 4.69) is 20.9 Å². The molecule has 1 saturated heterocycles. The lowest BCUT2D eigenvalue weighted by Crippen LogP contribution is -2.57. The van der Waals surface area contributed by atoms with E-state index >= 15 is 4.39 Å². The van der Waals surface area contributed by atoms with E-state index in [1.54, 1.807) is 56.7 Å². The van der Waals surface area contributed by atoms with Crippen LogP contribution in [0.1, 0.15) is 122 Å². The predicted octanol–water partition coefficient (Wildman–Crippen LogP) is 6.40. The van der Waals surface area contributed by atoms with E-state index in [-0.39, 0.29) is 56.7 Å². The molecule has 0 saturated carbocycles. The Morgan fingerprint density at radius 2 is 1.68 bits per heavy atom. The third kappa shape index (κ3) is 14.9. The van der Waals surface area contributed by atoms with Crippen molar-refractivity contribution in [2.24, 2.45) is 11.1 Å². The standard InChI is InChI=1S/C46H65FN6O8S/c1-27(31-16-18-32(19-17-31)40-28(2)49-26-62-40)50-42(57)37-23-34(54)24-53(37)43(58)41(45(4,5)6)52-39(56)13-11-10-12-30-14-15-33(35(47)22-30)25-60-29(3)36(20-21-38(48)55)51-44(59)61-46(7,8)9/h14-19,22,26-27,29,34,36-37,41,54H,10-13,20-21,23-25H2,1-9H3,(H2,48,55)(H,50,57)(H,51,59)(H,52,56)/t27-,29+,34+,36-,37-,41+/m0/s1. The molecule has 1 aliphatic heterocycles. The van der Waals surface area contributed by atoms with Crippen molar-refractivity contribution in [2.45, 2.75) is 156 Å². The summed E-state index contributed by atoms with van der Waals surface area (Å²) in [6.45, 7) is 16.2. The number of thiazole rings is 1. The number of benzene rings is 2. The lowest BCUT2D eigenvalue weighted by molar-refractivity contribution is -0.144. The highest BCUT2D eigenvalue weighted by molar-refractivity contribution is 7.13. The molecule has 0 aliphatic carbocycles. The van der Waals surface area contributed by atoms with Gasteiger partial charge in [-0.1, -0.05) is 57.2 Å². The van der Waals surface area contributed by atoms with Crippen LogP contribution in [-0.4, -0.2) is 87.2 Å². The van der Waals surface area contributed by atoms with Gasteiger partial charge in [0.05, 0.1) is 47.0 Å². The second-order valence-electron chi connectivity index (χ2n) is 18.3. The highest BCUT2D eigenvalue weighted by Gasteiger charge is 2.44. The summed E-state index contributed by atoms with van der Waals surface area (Å²) in [5.74, 6) is -2.13. The molecular formula is C46H65FN6O8S. The number of aryl methyl sites for hydroxylation is 2. The number of unbranched alkanes of at least 4 members (excludes halogenated alkanes) is 1. The Morgan fingerprint density at radius 1 is 0.984 bits per heavy atom. The average molecular weight is 881 g/mol. The summed E-state index contributed by atoms with van der Waals surface area (Å²) in [6, 6.07) is 9.93. The first-order valence-corrected chi connectivity index (χ1v) is 22.2. The minimum Gasteiger partial charge on any atom is -0.444 e. The Balaban J connectivity index is 1.27. The molecule has 0 spiro atoms. The molecule has 1 fully saturated rings. The summed E-state index contributed by atoms with van der Waals surface area (Å²) in [4.78, 5) is 71.6. The Labute approximate surface area is 368 Å². The van der Waals surface area contributed by atoms with Crippen molar-refractivity contribution in [1.29, 1.82) is 0 Å². The number of nitrogens with zero attached hydrogens (tertiary/aromatic N) is 2. The summed E-state index contributed by atoms with van der Waals surface area (Å²) >= 11 is 1.56. The van der Waals surface area contributed by atoms with Gasteiger partial charge in [0.25, 0.3) is 0 Å². The van der Waals surface area contributed by atoms with E-state index in [1.807, 2.05) is 58.9 Å². The number of nitrogens with two attached hydrogens (primary N) is 1. The summed E-state index contributed by atoms with van der Waals surface area (Å²) in [7, 11) is 0. The van der Waals surface area contributed by atoms with Crippen LogP contribution in [0.5, 0.6) is 0 Å². The van der Waals surface area contributed by atoms with E-state index in [4.69, 9.17) is 15.2 Å². The van der Waals surface area contributed by atoms with Gasteiger partial charge in [-0.3, -0.25) is 19.2 Å². The fourth-order valence-electron chi connectivity index (χ4n) is 7.24. The third-order valence-corrected chi connectivity index (χ3v) is 11.7. The maximum atomic E-state index is 15.2. The topological polar surface area (TPSA) is 202 Å². The van der Waals surface area contributed by atoms with Gasteiger partial charge in [0.1, 0.15) is 23.5 Å². The monoisotopic (exact) mass is 880 g/mol. The highest BCUT2D eigenvalue weighted by Crippen LogP contribution is 2.30. The fraction of sp³-hybridized carbons (Fsp3) is 0.565. The quantitative estimate of drug-likeness (QED) is 0.0845. The number of carbonyl (C=O) groups is 5. The highest BCUT2D eigenvalue weighted by atomic mass is 32.1. The molecule has 2 heterocycles. The number of hydrogen-bond acceptors (Lipinski definition) is 10. The van der Waals surface area contributed by atoms with E-state index < -0.39 is 65.1 Å². The number of nitrogens with one attached hydrogen (secondary N) is 3. The Morgan fingerprint density at radius 3 is 2.27 bits per heavy atom. The smallest absolute Gasteiger partial charge is 0.407 e. The number of carbonyl (C=O) groups excluding carboxylic acids is 5. The normalized spacial score (nSPS) is 17.4. The van der Waals surface area contributed by atoms with Gasteiger partial charge >= 0.3 is 6.09 Å². The lowest BCUT2D eigenvalue weighted by atomic mass is 9.85. The maximum absolute atomic E-state index is 15.2. The van der Waals surface area contributed by atoms with Crippen molar-refractivity contribution >= 4 is 41.1 Å². The Kier molecular flexibility index (Phi) is 17.6. The summed E-state index contributed by atoms with van der Waals surface area (Å²) in [5, 5.41) is 19.3. The molecule has 5 amide bonds. The molecule has 62 heavy (non-hydrogen) atoms. The average Bonchev–Trinajstić information content (AvgIpc) is 3.80. The van der Waals surface area contributed by atoms with Gasteiger partial charge in [-0.25, -0.2) is 14.2 Å². The second-order valence-corrected chi connectivity index (χ2v) is 19.1. The molecule has 2 aromatic carbocycles. The van der Waals surface area contributed by atoms with Crippen LogP contribution in [0.25, 0.3) is 10.4 Å². The first kappa shape index (κ1) is 49.7. The zero-order valence-electron chi connectivity index (χ0n) is 37.5. The number of rotatable bonds is 19. The van der Waals surface area contributed by atoms with E-state index in [0.717, 1.165) is 27.3 Å². The van der Waals surface area contributed by atoms with Crippen LogP contribution in [-0.2, 0) is 41.7 Å². The molecule has 1 aromatic heterocycles. The van der Waals surface area contributed by atoms with Crippen molar-refractivity contribution in [3.63, 3.8) is 0 Å². The molecule has 0 unspecified atom stereocenters. The number of halogens is 1. The van der Waals surface area contributed by atoms with Gasteiger partial charge < -0.3 is 41.2 Å². The molecule has 340 valence electrons. The zero-order valence-corrected chi connectivity index (χ0v) is 38.3. The van der Waals surface area contributed by atoms with Crippen molar-refractivity contribution in [1.82, 2.24) is 25.8 Å². The number of ether oxygens (including phenoxy) is 2. The second kappa shape index (κ2) is 21.9. The van der Waals surface area contributed by atoms with Crippen LogP contribution in [0.3, 0.4) is 0 Å². The molecule has 16 heteroatoms. The first-order valence-electron chi connectivity index (χ1n) is 21.3. The zero-order chi connectivity index (χ0) is 45.9. The van der Waals surface area contributed by atoms with Crippen molar-refractivity contribution in [3.05, 3.63) is 76.2 Å². The van der Waals surface area contributed by atoms with Crippen molar-refractivity contribution in [3.8, 4) is 10.4 Å². The van der Waals surface area contributed by atoms with Crippen LogP contribution < -0.4 is 21.7 Å². The van der Waals surface area contributed by atoms with Gasteiger partial charge in [-0.15, -0.1) is 11.3 Å². The van der Waals surface area contributed by atoms with Crippen LogP contribution in [0.4, 0.5) is 9.18 Å². The first-order chi connectivity index (χ1) is 29.0. The van der Waals surface area contributed by atoms with Gasteiger partial charge in [0.15, 0.2) is 0 Å². The minimum atomic E-state index is -0.950. The predicted molar refractivity (Wildman–Crippen MR) is 236 cm³/mol. The van der Waals surface area contributed by atoms with Crippen LogP contribution in [0, 0.1) is 18.2 Å². The van der Waals surface area contributed by atoms with Crippen LogP contribution in [0.15, 0.2) is 48.0 Å². The SMILES string of the molecule is Cc1ncsc1-c1ccc([C@H](C)NC(=O)[C@@H]2C[C@@H](O)CN2C(=O)[C@@H](NC(=O)CCCCc2ccc(CO[C@H](C)[C@H](CCC(N)=O)NC(=O)OC(C)(C)C)c(F)c2)C(C)(C)C)cc1. The number of aromatic nitrogens is 1. The van der Waals surface area contributed by atoms with Crippen molar-refractivity contribution in [2.75, 3.05) is 6.54 Å². The van der Waals surface area contributed by atoms with Crippen LogP contribution in [0.2, 0.25) is 0 Å². The summed E-state index contributed by atoms with van der Waals surface area (Å²) < 4.78 is 26.4. The van der Waals surface area contributed by atoms with Crippen molar-refractivity contribution < 1.29 is 42.9 Å². The largest absolute Gasteiger partial charge is 0.444 e. The number of likely N-dealkylation sites (tertiary alicyclic amines) is 1. The molecule has 6 atom stereocenters. The molecule has 1 aliphatic rings. The molecule has 0 radical (unpaired) electrons. The molecule has 0 bridgehead atoms. The van der Waals surface area contributed by atoms with E-state index in [9.17, 15) is 29.1 Å². The molecule has 4 rings (SSSR count).